The van der Waals surface area contributed by atoms with Crippen molar-refractivity contribution in [2.45, 2.75) is 13.1 Å². The number of imide groups is 1. The third-order valence-electron chi connectivity index (χ3n) is 4.74. The number of rotatable bonds is 5. The number of carbonyl (C=O) groups is 3. The Kier molecular flexibility index (Phi) is 5.78. The standard InChI is InChI=1S/C22H17BrN2O4S/c1-29-20(26)13-24-12-15(17-10-16(23)7-8-18(17)24)9-19-21(27)25(22(28)30-19)11-14-5-3-2-4-6-14/h2-10,12H,11,13H2,1H3/b19-9-. The molecule has 1 aliphatic heterocycles. The molecule has 6 nitrogen and oxygen atoms in total. The number of esters is 1. The van der Waals surface area contributed by atoms with Crippen LogP contribution in [0.5, 0.6) is 0 Å². The third-order valence-corrected chi connectivity index (χ3v) is 6.15. The van der Waals surface area contributed by atoms with Gasteiger partial charge in [-0.2, -0.15) is 0 Å². The molecule has 0 spiro atoms. The molecular weight excluding hydrogens is 468 g/mol. The average molecular weight is 485 g/mol. The summed E-state index contributed by atoms with van der Waals surface area (Å²) in [5.41, 5.74) is 2.47. The second-order valence-electron chi connectivity index (χ2n) is 6.70. The molecule has 8 heteroatoms. The normalized spacial score (nSPS) is 15.4. The van der Waals surface area contributed by atoms with Crippen molar-refractivity contribution >= 4 is 61.8 Å². The van der Waals surface area contributed by atoms with Crippen LogP contribution in [0.3, 0.4) is 0 Å². The van der Waals surface area contributed by atoms with E-state index < -0.39 is 0 Å². The van der Waals surface area contributed by atoms with Crippen LogP contribution in [0, 0.1) is 0 Å². The monoisotopic (exact) mass is 484 g/mol. The molecule has 30 heavy (non-hydrogen) atoms. The van der Waals surface area contributed by atoms with Crippen molar-refractivity contribution < 1.29 is 19.1 Å². The number of methoxy groups -OCH3 is 1. The van der Waals surface area contributed by atoms with E-state index >= 15 is 0 Å². The van der Waals surface area contributed by atoms with Gasteiger partial charge in [0.2, 0.25) is 0 Å². The van der Waals surface area contributed by atoms with Gasteiger partial charge in [-0.15, -0.1) is 0 Å². The highest BCUT2D eigenvalue weighted by Gasteiger charge is 2.35. The first-order valence-corrected chi connectivity index (χ1v) is 10.7. The molecule has 0 N–H and O–H groups in total. The highest BCUT2D eigenvalue weighted by atomic mass is 79.9. The molecule has 2 amide bonds. The number of ether oxygens (including phenoxy) is 1. The van der Waals surface area contributed by atoms with Gasteiger partial charge in [0.15, 0.2) is 0 Å². The number of benzene rings is 2. The minimum atomic E-state index is -0.371. The van der Waals surface area contributed by atoms with E-state index in [0.29, 0.717) is 4.91 Å². The van der Waals surface area contributed by atoms with Crippen molar-refractivity contribution in [3.8, 4) is 0 Å². The number of hydrogen-bond donors (Lipinski definition) is 0. The number of carbonyl (C=O) groups excluding carboxylic acids is 3. The summed E-state index contributed by atoms with van der Waals surface area (Å²) in [6.45, 7) is 0.288. The van der Waals surface area contributed by atoms with Crippen molar-refractivity contribution in [1.29, 1.82) is 0 Å². The second kappa shape index (κ2) is 8.49. The summed E-state index contributed by atoms with van der Waals surface area (Å²) in [7, 11) is 1.34. The second-order valence-corrected chi connectivity index (χ2v) is 8.61. The predicted octanol–water partition coefficient (Wildman–Crippen LogP) is 4.81. The molecule has 0 atom stereocenters. The van der Waals surface area contributed by atoms with Crippen LogP contribution in [0.25, 0.3) is 17.0 Å². The fourth-order valence-electron chi connectivity index (χ4n) is 3.29. The molecule has 1 fully saturated rings. The lowest BCUT2D eigenvalue weighted by Gasteiger charge is -2.12. The summed E-state index contributed by atoms with van der Waals surface area (Å²) in [5, 5.41) is 0.567. The zero-order valence-electron chi connectivity index (χ0n) is 16.0. The quantitative estimate of drug-likeness (QED) is 0.383. The number of hydrogen-bond acceptors (Lipinski definition) is 5. The van der Waals surface area contributed by atoms with Crippen molar-refractivity contribution in [1.82, 2.24) is 9.47 Å². The fraction of sp³-hybridized carbons (Fsp3) is 0.136. The van der Waals surface area contributed by atoms with Gasteiger partial charge < -0.3 is 9.30 Å². The van der Waals surface area contributed by atoms with Crippen LogP contribution in [0.1, 0.15) is 11.1 Å². The fourth-order valence-corrected chi connectivity index (χ4v) is 4.48. The molecule has 152 valence electrons. The number of fused-ring (bicyclic) bond motifs is 1. The first-order chi connectivity index (χ1) is 14.5. The summed E-state index contributed by atoms with van der Waals surface area (Å²) in [5.74, 6) is -0.692. The first kappa shape index (κ1) is 20.4. The van der Waals surface area contributed by atoms with Crippen LogP contribution in [0.15, 0.2) is 64.1 Å². The van der Waals surface area contributed by atoms with Gasteiger partial charge in [-0.25, -0.2) is 0 Å². The smallest absolute Gasteiger partial charge is 0.325 e. The van der Waals surface area contributed by atoms with E-state index in [4.69, 9.17) is 4.74 Å². The van der Waals surface area contributed by atoms with Gasteiger partial charge >= 0.3 is 5.97 Å². The zero-order valence-corrected chi connectivity index (χ0v) is 18.4. The molecule has 0 unspecified atom stereocenters. The lowest BCUT2D eigenvalue weighted by Crippen LogP contribution is -2.27. The number of nitrogens with zero attached hydrogens (tertiary/aromatic N) is 2. The van der Waals surface area contributed by atoms with Gasteiger partial charge in [0.1, 0.15) is 6.54 Å². The van der Waals surface area contributed by atoms with Crippen LogP contribution < -0.4 is 0 Å². The Morgan fingerprint density at radius 2 is 1.93 bits per heavy atom. The van der Waals surface area contributed by atoms with Gasteiger partial charge in [-0.1, -0.05) is 46.3 Å². The number of aromatic nitrogens is 1. The Morgan fingerprint density at radius 3 is 2.67 bits per heavy atom. The Hall–Kier alpha value is -2.84. The van der Waals surface area contributed by atoms with Crippen LogP contribution in [0.2, 0.25) is 0 Å². The summed E-state index contributed by atoms with van der Waals surface area (Å²) in [4.78, 5) is 38.7. The minimum absolute atomic E-state index is 0.0535. The lowest BCUT2D eigenvalue weighted by molar-refractivity contribution is -0.141. The summed E-state index contributed by atoms with van der Waals surface area (Å²) >= 11 is 4.39. The zero-order chi connectivity index (χ0) is 21.3. The van der Waals surface area contributed by atoms with E-state index in [1.165, 1.54) is 12.0 Å². The van der Waals surface area contributed by atoms with Gasteiger partial charge in [-0.05, 0) is 41.6 Å². The number of amides is 2. The highest BCUT2D eigenvalue weighted by Crippen LogP contribution is 2.35. The molecule has 3 aromatic rings. The van der Waals surface area contributed by atoms with E-state index in [1.807, 2.05) is 48.5 Å². The SMILES string of the molecule is COC(=O)Cn1cc(/C=C2\SC(=O)N(Cc3ccccc3)C2=O)c2cc(Br)ccc21. The molecule has 1 aromatic heterocycles. The van der Waals surface area contributed by atoms with Crippen LogP contribution in [-0.2, 0) is 27.4 Å². The van der Waals surface area contributed by atoms with Crippen LogP contribution in [0.4, 0.5) is 4.79 Å². The van der Waals surface area contributed by atoms with E-state index in [-0.39, 0.29) is 30.2 Å². The number of halogens is 1. The molecule has 1 aliphatic rings. The van der Waals surface area contributed by atoms with E-state index in [2.05, 4.69) is 15.9 Å². The van der Waals surface area contributed by atoms with Crippen LogP contribution >= 0.6 is 27.7 Å². The van der Waals surface area contributed by atoms with Gasteiger partial charge in [-0.3, -0.25) is 19.3 Å². The minimum Gasteiger partial charge on any atom is -0.468 e. The molecule has 0 bridgehead atoms. The highest BCUT2D eigenvalue weighted by molar-refractivity contribution is 9.10. The van der Waals surface area contributed by atoms with E-state index in [1.54, 1.807) is 16.8 Å². The molecule has 2 heterocycles. The van der Waals surface area contributed by atoms with E-state index in [9.17, 15) is 14.4 Å². The summed E-state index contributed by atoms with van der Waals surface area (Å²) in [6.07, 6.45) is 3.50. The maximum Gasteiger partial charge on any atom is 0.325 e. The number of thioether (sulfide) groups is 1. The Labute approximate surface area is 185 Å². The van der Waals surface area contributed by atoms with Crippen molar-refractivity contribution in [2.75, 3.05) is 7.11 Å². The van der Waals surface area contributed by atoms with Crippen molar-refractivity contribution in [3.05, 3.63) is 75.2 Å². The largest absolute Gasteiger partial charge is 0.468 e. The summed E-state index contributed by atoms with van der Waals surface area (Å²) in [6, 6.07) is 15.1. The summed E-state index contributed by atoms with van der Waals surface area (Å²) < 4.78 is 7.42. The molecular formula is C22H17BrN2O4S. The molecule has 2 aromatic carbocycles. The maximum absolute atomic E-state index is 12.9. The molecule has 1 saturated heterocycles. The topological polar surface area (TPSA) is 68.6 Å². The Morgan fingerprint density at radius 1 is 1.17 bits per heavy atom. The third kappa shape index (κ3) is 4.06. The average Bonchev–Trinajstić information content (AvgIpc) is 3.20. The Bertz CT molecular complexity index is 1190. The van der Waals surface area contributed by atoms with E-state index in [0.717, 1.165) is 38.3 Å². The van der Waals surface area contributed by atoms with Gasteiger partial charge in [0, 0.05) is 27.1 Å². The molecule has 0 saturated carbocycles. The lowest BCUT2D eigenvalue weighted by atomic mass is 10.1. The van der Waals surface area contributed by atoms with Crippen molar-refractivity contribution in [3.63, 3.8) is 0 Å². The van der Waals surface area contributed by atoms with Gasteiger partial charge in [0.25, 0.3) is 11.1 Å². The first-order valence-electron chi connectivity index (χ1n) is 9.11. The van der Waals surface area contributed by atoms with Gasteiger partial charge in [0.05, 0.1) is 18.6 Å². The Balaban J connectivity index is 1.69. The van der Waals surface area contributed by atoms with Crippen molar-refractivity contribution in [2.24, 2.45) is 0 Å². The predicted molar refractivity (Wildman–Crippen MR) is 120 cm³/mol. The van der Waals surface area contributed by atoms with Crippen LogP contribution in [-0.4, -0.2) is 33.7 Å². The molecule has 4 rings (SSSR count). The maximum atomic E-state index is 12.9. The molecule has 0 aliphatic carbocycles. The molecule has 0 radical (unpaired) electrons.